The van der Waals surface area contributed by atoms with Gasteiger partial charge in [0.05, 0.1) is 47.6 Å². The number of phenols is 1. The quantitative estimate of drug-likeness (QED) is 0.00490. The zero-order valence-electron chi connectivity index (χ0n) is 56.8. The number of rotatable bonds is 31. The summed E-state index contributed by atoms with van der Waals surface area (Å²) in [4.78, 5) is 53.5. The maximum atomic E-state index is 12.1. The van der Waals surface area contributed by atoms with E-state index < -0.39 is 10.9 Å². The molecule has 0 amide bonds. The van der Waals surface area contributed by atoms with Crippen LogP contribution in [0.1, 0.15) is 201 Å². The maximum Gasteiger partial charge on any atom is 1.00 e. The minimum atomic E-state index is -1.50. The van der Waals surface area contributed by atoms with E-state index in [-0.39, 0.29) is 93.0 Å². The minimum Gasteiger partial charge on any atom is -0.507 e. The second kappa shape index (κ2) is 67.8. The first kappa shape index (κ1) is 101. The van der Waals surface area contributed by atoms with E-state index in [1.54, 1.807) is 38.3 Å². The molecule has 7 radical (unpaired) electrons. The molecular formula is C78H111B3BrILiO11P+. The van der Waals surface area contributed by atoms with Crippen molar-refractivity contribution in [3.8, 4) is 17.2 Å². The molecule has 11 nitrogen and oxygen atoms in total. The van der Waals surface area contributed by atoms with Crippen molar-refractivity contribution in [1.82, 2.24) is 0 Å². The maximum absolute atomic E-state index is 12.1. The average molecular weight is 1500 g/mol. The van der Waals surface area contributed by atoms with Crippen LogP contribution in [0.2, 0.25) is 0 Å². The van der Waals surface area contributed by atoms with Crippen LogP contribution in [0.3, 0.4) is 0 Å². The predicted molar refractivity (Wildman–Crippen MR) is 424 cm³/mol. The Morgan fingerprint density at radius 3 is 1.16 bits per heavy atom. The number of esters is 2. The molecule has 517 valence electrons. The number of carbonyl (C=O) groups excluding carboxylic acids is 4. The van der Waals surface area contributed by atoms with E-state index in [9.17, 15) is 29.1 Å². The molecule has 18 heteroatoms. The molecule has 0 aromatic heterocycles. The van der Waals surface area contributed by atoms with Gasteiger partial charge in [0.25, 0.3) is 0 Å². The molecule has 2 N–H and O–H groups in total. The molecule has 6 rings (SSSR count). The van der Waals surface area contributed by atoms with Crippen LogP contribution in [0, 0.1) is 6.92 Å². The SMILES string of the molecule is C.C.C.C/C=C/CCCCc1cccc(O)c1C(=O)O.C/C=C/CCCCc1cccc(OC)c1C(=O)OCC.CC=I[P+](c1ccccc1)(c1ccccc1)c1ccccc1.CCOC(=O)c1c(CCCCC=O)cccc1OC.O=CCCCCBr.[B].[B][B].[CH2-]CCC.[Li+]. The van der Waals surface area contributed by atoms with Gasteiger partial charge in [-0.25, -0.2) is 14.4 Å². The van der Waals surface area contributed by atoms with Gasteiger partial charge in [-0.1, -0.05) is 167 Å². The molecule has 0 spiro atoms. The molecular weight excluding hydrogens is 1390 g/mol. The summed E-state index contributed by atoms with van der Waals surface area (Å²) >= 11 is 3.19. The van der Waals surface area contributed by atoms with Crippen molar-refractivity contribution in [2.24, 2.45) is 0 Å². The second-order valence-electron chi connectivity index (χ2n) is 19.7. The number of halogens is 2. The number of allylic oxidation sites excluding steroid dienone is 4. The van der Waals surface area contributed by atoms with Crippen LogP contribution in [0.4, 0.5) is 0 Å². The Morgan fingerprint density at radius 2 is 0.865 bits per heavy atom. The predicted octanol–water partition coefficient (Wildman–Crippen LogP) is 16.2. The number of hydrogen-bond donors (Lipinski definition) is 2. The number of aldehydes is 2. The van der Waals surface area contributed by atoms with Crippen molar-refractivity contribution >= 4 is 115 Å². The smallest absolute Gasteiger partial charge is 0.507 e. The van der Waals surface area contributed by atoms with Crippen LogP contribution < -0.4 is 44.2 Å². The minimum absolute atomic E-state index is 0. The number of aromatic hydroxyl groups is 1. The Labute approximate surface area is 615 Å². The number of carbonyl (C=O) groups is 5. The Hall–Kier alpha value is -5.75. The number of hydrogen-bond acceptors (Lipinski definition) is 10. The second-order valence-corrected chi connectivity index (χ2v) is 30.7. The summed E-state index contributed by atoms with van der Waals surface area (Å²) in [5.74, 6) is -0.741. The van der Waals surface area contributed by atoms with Crippen LogP contribution in [-0.4, -0.2) is 101 Å². The van der Waals surface area contributed by atoms with Crippen molar-refractivity contribution in [3.63, 3.8) is 0 Å². The Bertz CT molecular complexity index is 2880. The number of ether oxygens (including phenoxy) is 4. The third-order valence-corrected chi connectivity index (χ3v) is 26.5. The number of alkyl halides is 1. The first-order chi connectivity index (χ1) is 44.3. The van der Waals surface area contributed by atoms with Crippen molar-refractivity contribution < 1.29 is 72.0 Å². The number of aryl methyl sites for hydroxylation is 3. The Kier molecular flexibility index (Phi) is 71.5. The van der Waals surface area contributed by atoms with Crippen LogP contribution >= 0.6 is 41.0 Å². The van der Waals surface area contributed by atoms with Crippen molar-refractivity contribution in [3.05, 3.63) is 210 Å². The third kappa shape index (κ3) is 40.2. The van der Waals surface area contributed by atoms with Gasteiger partial charge in [0, 0.05) is 42.1 Å². The van der Waals surface area contributed by atoms with E-state index in [1.165, 1.54) is 35.5 Å². The number of benzene rings is 6. The van der Waals surface area contributed by atoms with Crippen LogP contribution in [-0.2, 0) is 38.3 Å². The summed E-state index contributed by atoms with van der Waals surface area (Å²) in [5, 5.41) is 24.0. The normalized spacial score (nSPS) is 9.90. The molecule has 0 aliphatic heterocycles. The zero-order chi connectivity index (χ0) is 67.8. The van der Waals surface area contributed by atoms with Gasteiger partial charge in [-0.15, -0.1) is 0 Å². The summed E-state index contributed by atoms with van der Waals surface area (Å²) in [6.45, 7) is 16.2. The summed E-state index contributed by atoms with van der Waals surface area (Å²) in [6.07, 6.45) is 26.1. The zero-order valence-corrected chi connectivity index (χ0v) is 61.4. The Morgan fingerprint density at radius 1 is 0.531 bits per heavy atom. The fourth-order valence-corrected chi connectivity index (χ4v) is 20.8. The fourth-order valence-electron chi connectivity index (χ4n) is 8.84. The van der Waals surface area contributed by atoms with Gasteiger partial charge >= 0.3 is 36.8 Å². The van der Waals surface area contributed by atoms with E-state index in [1.807, 2.05) is 51.1 Å². The molecule has 6 aromatic rings. The molecule has 0 heterocycles. The van der Waals surface area contributed by atoms with Crippen molar-refractivity contribution in [1.29, 1.82) is 0 Å². The summed E-state index contributed by atoms with van der Waals surface area (Å²) in [7, 11) is 11.1. The third-order valence-electron chi connectivity index (χ3n) is 13.2. The van der Waals surface area contributed by atoms with E-state index in [0.29, 0.717) is 60.7 Å². The van der Waals surface area contributed by atoms with Gasteiger partial charge in [0.1, 0.15) is 62.4 Å². The van der Waals surface area contributed by atoms with Crippen molar-refractivity contribution in [2.75, 3.05) is 32.8 Å². The van der Waals surface area contributed by atoms with E-state index in [4.69, 9.17) is 24.1 Å². The first-order valence-corrected chi connectivity index (χ1v) is 38.3. The molecule has 0 fully saturated rings. The fraction of sp³-hybridized carbons (Fsp3) is 0.397. The molecule has 6 aromatic carbocycles. The molecule has 0 saturated carbocycles. The summed E-state index contributed by atoms with van der Waals surface area (Å²) < 4.78 is 23.1. The van der Waals surface area contributed by atoms with Gasteiger partial charge in [0.2, 0.25) is 0 Å². The molecule has 0 atom stereocenters. The molecule has 0 aliphatic rings. The molecule has 96 heavy (non-hydrogen) atoms. The summed E-state index contributed by atoms with van der Waals surface area (Å²) in [5.41, 5.74) is 3.73. The topological polar surface area (TPSA) is 163 Å². The summed E-state index contributed by atoms with van der Waals surface area (Å²) in [6, 6.07) is 49.4. The van der Waals surface area contributed by atoms with E-state index in [0.717, 1.165) is 112 Å². The van der Waals surface area contributed by atoms with Gasteiger partial charge in [0.15, 0.2) is 4.90 Å². The molecule has 0 saturated heterocycles. The van der Waals surface area contributed by atoms with Gasteiger partial charge < -0.3 is 45.7 Å². The molecule has 0 aliphatic carbocycles. The molecule has 0 unspecified atom stereocenters. The Balaban J connectivity index is -0.000000261. The number of aromatic carboxylic acids is 1. The largest absolute Gasteiger partial charge is 1.00 e. The number of carboxylic acid groups (broad SMARTS) is 1. The van der Waals surface area contributed by atoms with Gasteiger partial charge in [-0.2, -0.15) is 6.42 Å². The van der Waals surface area contributed by atoms with Gasteiger partial charge in [-0.3, -0.25) is 0 Å². The van der Waals surface area contributed by atoms with Crippen LogP contribution in [0.25, 0.3) is 0 Å². The standard InChI is InChI=1S/C20H19IP.C17H24O3.C15H20O4.C14H18O3.C5H9BrO.C4H9.3CH4.B2.B.Li/c1-2-21-22(18-12-6-3-7-13-18,19-14-8-4-9-15-19)20-16-10-5-11-17-20;1-4-6-7-8-9-11-14-12-10-13-15(19-3)16(14)17(18)20-5-2;1-3-19-15(17)14-12(8-5-4-6-11-16)9-7-10-13(14)18-2;1-2-3-4-5-6-8-11-9-7-10-12(15)13(11)14(16)17;6-4-2-1-3-5-7;1-3-4-2;;;;1-2;;/h2-17H,1H3;4,6,10,12-13H,5,7-9,11H2,1-3H3;7,9-11H,3-6,8H2,1-2H3;2-3,7,9-10,15H,4-6,8H2,1H3,(H,16,17);5H,1-4H2;1,3-4H2,2H3;3*1H4;;;/q+1;;;;;-1;;;;;;+1/b;6-4+;;3-2+;;;;;;;;. The van der Waals surface area contributed by atoms with E-state index >= 15 is 0 Å². The van der Waals surface area contributed by atoms with Gasteiger partial charge in [-0.05, 0) is 193 Å². The number of carboxylic acids is 1. The average Bonchev–Trinajstić information content (AvgIpc) is 0.767. The molecule has 0 bridgehead atoms. The number of unbranched alkanes of at least 4 members (excludes halogenated alkanes) is 9. The first-order valence-electron chi connectivity index (χ1n) is 31.3. The van der Waals surface area contributed by atoms with Crippen LogP contribution in [0.5, 0.6) is 17.2 Å². The van der Waals surface area contributed by atoms with Crippen LogP contribution in [0.15, 0.2) is 170 Å². The number of methoxy groups -OCH3 is 2. The monoisotopic (exact) mass is 1500 g/mol. The van der Waals surface area contributed by atoms with Crippen molar-refractivity contribution in [2.45, 2.75) is 173 Å². The van der Waals surface area contributed by atoms with E-state index in [2.05, 4.69) is 165 Å².